The van der Waals surface area contributed by atoms with Crippen molar-refractivity contribution >= 4 is 11.8 Å². The van der Waals surface area contributed by atoms with Crippen molar-refractivity contribution in [1.29, 1.82) is 0 Å². The van der Waals surface area contributed by atoms with Crippen LogP contribution in [0.25, 0.3) is 0 Å². The molecule has 0 aliphatic heterocycles. The van der Waals surface area contributed by atoms with Crippen LogP contribution in [-0.4, -0.2) is 27.0 Å². The molecule has 98 valence electrons. The zero-order valence-corrected chi connectivity index (χ0v) is 9.71. The van der Waals surface area contributed by atoms with E-state index in [0.717, 1.165) is 0 Å². The number of primary amides is 1. The van der Waals surface area contributed by atoms with Crippen molar-refractivity contribution in [3.8, 4) is 0 Å². The van der Waals surface area contributed by atoms with Crippen LogP contribution in [0.5, 0.6) is 0 Å². The van der Waals surface area contributed by atoms with Crippen molar-refractivity contribution in [1.82, 2.24) is 20.5 Å². The first kappa shape index (κ1) is 12.6. The molecular formula is C11H11N5O3. The van der Waals surface area contributed by atoms with Gasteiger partial charge >= 0.3 is 5.69 Å². The third-order valence-electron chi connectivity index (χ3n) is 2.41. The lowest BCUT2D eigenvalue weighted by molar-refractivity contribution is -0.120. The van der Waals surface area contributed by atoms with Gasteiger partial charge < -0.3 is 11.1 Å². The van der Waals surface area contributed by atoms with Gasteiger partial charge in [-0.05, 0) is 5.56 Å². The molecule has 0 saturated carbocycles. The van der Waals surface area contributed by atoms with E-state index in [1.165, 1.54) is 0 Å². The summed E-state index contributed by atoms with van der Waals surface area (Å²) in [7, 11) is 0. The van der Waals surface area contributed by atoms with Crippen molar-refractivity contribution in [2.75, 3.05) is 0 Å². The summed E-state index contributed by atoms with van der Waals surface area (Å²) in [6.07, 6.45) is 0. The summed E-state index contributed by atoms with van der Waals surface area (Å²) in [5, 5.41) is 7.91. The van der Waals surface area contributed by atoms with Crippen LogP contribution in [0.1, 0.15) is 22.2 Å². The Morgan fingerprint density at radius 3 is 2.47 bits per heavy atom. The van der Waals surface area contributed by atoms with Crippen LogP contribution in [0.4, 0.5) is 0 Å². The Balaban J connectivity index is 2.21. The van der Waals surface area contributed by atoms with Crippen molar-refractivity contribution in [2.24, 2.45) is 5.73 Å². The molecule has 0 radical (unpaired) electrons. The molecule has 2 aromatic rings. The smallest absolute Gasteiger partial charge is 0.341 e. The predicted molar refractivity (Wildman–Crippen MR) is 65.1 cm³/mol. The van der Waals surface area contributed by atoms with Crippen LogP contribution >= 0.6 is 0 Å². The van der Waals surface area contributed by atoms with Crippen LogP contribution in [0.15, 0.2) is 35.1 Å². The van der Waals surface area contributed by atoms with Gasteiger partial charge in [-0.1, -0.05) is 30.3 Å². The van der Waals surface area contributed by atoms with Crippen LogP contribution in [-0.2, 0) is 4.79 Å². The lowest BCUT2D eigenvalue weighted by Gasteiger charge is -2.14. The van der Waals surface area contributed by atoms with E-state index >= 15 is 0 Å². The Kier molecular flexibility index (Phi) is 3.42. The number of nitrogens with two attached hydrogens (primary N) is 1. The fraction of sp³-hybridized carbons (Fsp3) is 0.0909. The van der Waals surface area contributed by atoms with E-state index in [1.54, 1.807) is 30.3 Å². The van der Waals surface area contributed by atoms with E-state index in [-0.39, 0.29) is 5.82 Å². The minimum atomic E-state index is -0.992. The number of rotatable bonds is 4. The number of benzene rings is 1. The maximum atomic E-state index is 11.8. The Hall–Kier alpha value is -2.90. The van der Waals surface area contributed by atoms with Gasteiger partial charge in [0.05, 0.1) is 0 Å². The Bertz CT molecular complexity index is 646. The molecule has 0 spiro atoms. The van der Waals surface area contributed by atoms with E-state index in [0.29, 0.717) is 5.56 Å². The molecule has 1 aromatic carbocycles. The van der Waals surface area contributed by atoms with Crippen LogP contribution in [0.3, 0.4) is 0 Å². The molecule has 8 nitrogen and oxygen atoms in total. The number of carbonyl (C=O) groups is 2. The fourth-order valence-electron chi connectivity index (χ4n) is 1.54. The number of hydrogen-bond acceptors (Lipinski definition) is 4. The summed E-state index contributed by atoms with van der Waals surface area (Å²) >= 11 is 0. The van der Waals surface area contributed by atoms with Crippen molar-refractivity contribution < 1.29 is 9.59 Å². The Morgan fingerprint density at radius 2 is 1.95 bits per heavy atom. The first-order chi connectivity index (χ1) is 9.08. The SMILES string of the molecule is NC(=O)C(NC(=O)c1n[nH]c(=O)[nH]1)c1ccccc1. The first-order valence-corrected chi connectivity index (χ1v) is 5.37. The highest BCUT2D eigenvalue weighted by Gasteiger charge is 2.22. The number of nitrogens with zero attached hydrogens (tertiary/aromatic N) is 1. The maximum absolute atomic E-state index is 11.8. The molecule has 1 unspecified atom stereocenters. The summed E-state index contributed by atoms with van der Waals surface area (Å²) < 4.78 is 0. The van der Waals surface area contributed by atoms with E-state index in [2.05, 4.69) is 20.5 Å². The van der Waals surface area contributed by atoms with Gasteiger partial charge in [0.2, 0.25) is 11.7 Å². The summed E-state index contributed by atoms with van der Waals surface area (Å²) in [6.45, 7) is 0. The summed E-state index contributed by atoms with van der Waals surface area (Å²) in [6, 6.07) is 7.52. The molecule has 8 heteroatoms. The van der Waals surface area contributed by atoms with Gasteiger partial charge in [-0.15, -0.1) is 5.10 Å². The second-order valence-electron chi connectivity index (χ2n) is 3.75. The van der Waals surface area contributed by atoms with E-state index in [4.69, 9.17) is 5.73 Å². The molecule has 0 bridgehead atoms. The van der Waals surface area contributed by atoms with Gasteiger partial charge in [0.15, 0.2) is 0 Å². The molecular weight excluding hydrogens is 250 g/mol. The number of amides is 2. The molecule has 0 fully saturated rings. The molecule has 2 amide bonds. The lowest BCUT2D eigenvalue weighted by atomic mass is 10.1. The number of aromatic nitrogens is 3. The van der Waals surface area contributed by atoms with Gasteiger partial charge in [-0.2, -0.15) is 0 Å². The van der Waals surface area contributed by atoms with Gasteiger partial charge in [-0.3, -0.25) is 14.6 Å². The molecule has 1 aromatic heterocycles. The highest BCUT2D eigenvalue weighted by atomic mass is 16.2. The molecule has 0 aliphatic rings. The third-order valence-corrected chi connectivity index (χ3v) is 2.41. The van der Waals surface area contributed by atoms with Crippen molar-refractivity contribution in [3.63, 3.8) is 0 Å². The van der Waals surface area contributed by atoms with E-state index in [1.807, 2.05) is 0 Å². The molecule has 1 heterocycles. The third kappa shape index (κ3) is 2.86. The van der Waals surface area contributed by atoms with Crippen LogP contribution in [0, 0.1) is 0 Å². The minimum Gasteiger partial charge on any atom is -0.368 e. The summed E-state index contributed by atoms with van der Waals surface area (Å²) in [5.41, 5.74) is 5.18. The van der Waals surface area contributed by atoms with Gasteiger partial charge in [0.25, 0.3) is 5.91 Å². The first-order valence-electron chi connectivity index (χ1n) is 5.37. The van der Waals surface area contributed by atoms with Gasteiger partial charge in [-0.25, -0.2) is 9.89 Å². The quantitative estimate of drug-likeness (QED) is 0.564. The number of nitrogens with one attached hydrogen (secondary N) is 3. The minimum absolute atomic E-state index is 0.216. The van der Waals surface area contributed by atoms with Gasteiger partial charge in [0.1, 0.15) is 6.04 Å². The topological polar surface area (TPSA) is 134 Å². The number of H-pyrrole nitrogens is 2. The van der Waals surface area contributed by atoms with Crippen molar-refractivity contribution in [2.45, 2.75) is 6.04 Å². The lowest BCUT2D eigenvalue weighted by Crippen LogP contribution is -2.38. The largest absolute Gasteiger partial charge is 0.368 e. The second kappa shape index (κ2) is 5.17. The molecule has 1 atom stereocenters. The average Bonchev–Trinajstić information content (AvgIpc) is 2.83. The predicted octanol–water partition coefficient (Wildman–Crippen LogP) is -0.946. The van der Waals surface area contributed by atoms with Crippen molar-refractivity contribution in [3.05, 3.63) is 52.2 Å². The summed E-state index contributed by atoms with van der Waals surface area (Å²) in [4.78, 5) is 36.2. The second-order valence-corrected chi connectivity index (χ2v) is 3.75. The molecule has 0 saturated heterocycles. The Labute approximate surface area is 107 Å². The van der Waals surface area contributed by atoms with Gasteiger partial charge in [0, 0.05) is 0 Å². The monoisotopic (exact) mass is 261 g/mol. The number of carbonyl (C=O) groups excluding carboxylic acids is 2. The highest BCUT2D eigenvalue weighted by Crippen LogP contribution is 2.12. The maximum Gasteiger partial charge on any atom is 0.341 e. The standard InChI is InChI=1S/C11H11N5O3/c12-8(17)7(6-4-2-1-3-5-6)13-10(18)9-14-11(19)16-15-9/h1-5,7H,(H2,12,17)(H,13,18)(H2,14,15,16,19). The molecule has 5 N–H and O–H groups in total. The van der Waals surface area contributed by atoms with E-state index in [9.17, 15) is 14.4 Å². The fourth-order valence-corrected chi connectivity index (χ4v) is 1.54. The molecule has 19 heavy (non-hydrogen) atoms. The average molecular weight is 261 g/mol. The zero-order chi connectivity index (χ0) is 13.8. The summed E-state index contributed by atoms with van der Waals surface area (Å²) in [5.74, 6) is -1.63. The Morgan fingerprint density at radius 1 is 1.26 bits per heavy atom. The normalized spacial score (nSPS) is 11.8. The zero-order valence-electron chi connectivity index (χ0n) is 9.71. The van der Waals surface area contributed by atoms with Crippen LogP contribution in [0.2, 0.25) is 0 Å². The molecule has 2 rings (SSSR count). The highest BCUT2D eigenvalue weighted by molar-refractivity contribution is 5.94. The number of hydrogen-bond donors (Lipinski definition) is 4. The van der Waals surface area contributed by atoms with Crippen LogP contribution < -0.4 is 16.7 Å². The van der Waals surface area contributed by atoms with E-state index < -0.39 is 23.5 Å². The molecule has 0 aliphatic carbocycles. The number of aromatic amines is 2.